The summed E-state index contributed by atoms with van der Waals surface area (Å²) in [5.74, 6) is -0.752. The summed E-state index contributed by atoms with van der Waals surface area (Å²) in [6, 6.07) is 4.07. The lowest BCUT2D eigenvalue weighted by Gasteiger charge is -2.28. The maximum atomic E-state index is 13.0. The Balaban J connectivity index is 1.65. The average Bonchev–Trinajstić information content (AvgIpc) is 2.41. The molecular formula is C15H22F2N2. The summed E-state index contributed by atoms with van der Waals surface area (Å²) >= 11 is 0. The average molecular weight is 268 g/mol. The zero-order valence-electron chi connectivity index (χ0n) is 11.5. The Morgan fingerprint density at radius 3 is 2.63 bits per heavy atom. The van der Waals surface area contributed by atoms with E-state index in [2.05, 4.69) is 17.3 Å². The van der Waals surface area contributed by atoms with Crippen molar-refractivity contribution in [1.82, 2.24) is 10.2 Å². The molecule has 2 rings (SSSR count). The molecule has 1 fully saturated rings. The van der Waals surface area contributed by atoms with E-state index in [0.29, 0.717) is 6.54 Å². The minimum Gasteiger partial charge on any atom is -0.313 e. The Labute approximate surface area is 113 Å². The van der Waals surface area contributed by atoms with E-state index >= 15 is 0 Å². The van der Waals surface area contributed by atoms with Crippen molar-refractivity contribution in [2.24, 2.45) is 5.92 Å². The quantitative estimate of drug-likeness (QED) is 0.826. The molecule has 1 aromatic carbocycles. The third-order valence-corrected chi connectivity index (χ3v) is 3.88. The molecule has 0 atom stereocenters. The van der Waals surface area contributed by atoms with Crippen molar-refractivity contribution in [2.75, 3.05) is 26.7 Å². The third kappa shape index (κ3) is 4.55. The monoisotopic (exact) mass is 268 g/mol. The molecule has 106 valence electrons. The van der Waals surface area contributed by atoms with E-state index < -0.39 is 11.6 Å². The first kappa shape index (κ1) is 14.4. The van der Waals surface area contributed by atoms with Crippen LogP contribution < -0.4 is 5.32 Å². The number of piperidine rings is 1. The summed E-state index contributed by atoms with van der Waals surface area (Å²) < 4.78 is 25.8. The molecule has 0 aromatic heterocycles. The van der Waals surface area contributed by atoms with Gasteiger partial charge in [-0.1, -0.05) is 6.07 Å². The Morgan fingerprint density at radius 2 is 1.95 bits per heavy atom. The van der Waals surface area contributed by atoms with E-state index in [1.165, 1.54) is 38.1 Å². The van der Waals surface area contributed by atoms with Crippen molar-refractivity contribution in [1.29, 1.82) is 0 Å². The number of halogens is 2. The summed E-state index contributed by atoms with van der Waals surface area (Å²) in [5, 5.41) is 3.30. The van der Waals surface area contributed by atoms with Crippen molar-refractivity contribution in [3.63, 3.8) is 0 Å². The molecular weight excluding hydrogens is 246 g/mol. The Morgan fingerprint density at radius 1 is 1.21 bits per heavy atom. The molecule has 1 aromatic rings. The fourth-order valence-electron chi connectivity index (χ4n) is 2.54. The molecule has 2 nitrogen and oxygen atoms in total. The van der Waals surface area contributed by atoms with Gasteiger partial charge in [0.2, 0.25) is 0 Å². The molecule has 1 aliphatic heterocycles. The highest BCUT2D eigenvalue weighted by Crippen LogP contribution is 2.18. The first-order chi connectivity index (χ1) is 9.15. The van der Waals surface area contributed by atoms with Gasteiger partial charge in [0, 0.05) is 6.54 Å². The molecule has 1 N–H and O–H groups in total. The van der Waals surface area contributed by atoms with Gasteiger partial charge >= 0.3 is 0 Å². The molecule has 0 amide bonds. The van der Waals surface area contributed by atoms with Crippen LogP contribution in [0, 0.1) is 17.6 Å². The summed E-state index contributed by atoms with van der Waals surface area (Å²) in [4.78, 5) is 2.37. The number of nitrogens with zero attached hydrogens (tertiary/aromatic N) is 1. The molecule has 4 heteroatoms. The summed E-state index contributed by atoms with van der Waals surface area (Å²) in [5.41, 5.74) is 0.794. The lowest BCUT2D eigenvalue weighted by atomic mass is 9.94. The van der Waals surface area contributed by atoms with Gasteiger partial charge in [0.05, 0.1) is 0 Å². The third-order valence-electron chi connectivity index (χ3n) is 3.88. The second kappa shape index (κ2) is 6.96. The van der Waals surface area contributed by atoms with E-state index in [4.69, 9.17) is 0 Å². The van der Waals surface area contributed by atoms with Gasteiger partial charge in [-0.2, -0.15) is 0 Å². The molecule has 19 heavy (non-hydrogen) atoms. The number of hydrogen-bond donors (Lipinski definition) is 1. The van der Waals surface area contributed by atoms with Crippen LogP contribution in [0.3, 0.4) is 0 Å². The van der Waals surface area contributed by atoms with Gasteiger partial charge in [-0.25, -0.2) is 8.78 Å². The van der Waals surface area contributed by atoms with Crippen LogP contribution in [0.1, 0.15) is 24.8 Å². The lowest BCUT2D eigenvalue weighted by Crippen LogP contribution is -2.31. The first-order valence-corrected chi connectivity index (χ1v) is 6.98. The molecule has 0 radical (unpaired) electrons. The van der Waals surface area contributed by atoms with Crippen LogP contribution in [-0.2, 0) is 6.54 Å². The van der Waals surface area contributed by atoms with Crippen LogP contribution in [0.25, 0.3) is 0 Å². The second-order valence-electron chi connectivity index (χ2n) is 5.46. The molecule has 0 unspecified atom stereocenters. The molecule has 1 aliphatic rings. The van der Waals surface area contributed by atoms with Gasteiger partial charge in [0.25, 0.3) is 0 Å². The molecule has 1 saturated heterocycles. The molecule has 0 saturated carbocycles. The van der Waals surface area contributed by atoms with Gasteiger partial charge in [-0.3, -0.25) is 0 Å². The summed E-state index contributed by atoms with van der Waals surface area (Å²) in [7, 11) is 2.16. The summed E-state index contributed by atoms with van der Waals surface area (Å²) in [6.45, 7) is 3.92. The number of benzene rings is 1. The van der Waals surface area contributed by atoms with Crippen LogP contribution >= 0.6 is 0 Å². The summed E-state index contributed by atoms with van der Waals surface area (Å²) in [6.07, 6.45) is 3.70. The molecule has 1 heterocycles. The fraction of sp³-hybridized carbons (Fsp3) is 0.600. The van der Waals surface area contributed by atoms with E-state index in [0.717, 1.165) is 24.4 Å². The SMILES string of the molecule is CN1CCC(CCNCc2ccc(F)c(F)c2)CC1. The van der Waals surface area contributed by atoms with Crippen molar-refractivity contribution in [3.8, 4) is 0 Å². The van der Waals surface area contributed by atoms with Crippen LogP contribution in [0.4, 0.5) is 8.78 Å². The van der Waals surface area contributed by atoms with Gasteiger partial charge in [-0.05, 0) is 69.6 Å². The number of rotatable bonds is 5. The highest BCUT2D eigenvalue weighted by Gasteiger charge is 2.15. The maximum absolute atomic E-state index is 13.0. The Kier molecular flexibility index (Phi) is 5.28. The highest BCUT2D eigenvalue weighted by molar-refractivity contribution is 5.17. The van der Waals surface area contributed by atoms with Crippen LogP contribution in [0.15, 0.2) is 18.2 Å². The zero-order valence-corrected chi connectivity index (χ0v) is 11.5. The first-order valence-electron chi connectivity index (χ1n) is 6.98. The van der Waals surface area contributed by atoms with E-state index in [9.17, 15) is 8.78 Å². The standard InChI is InChI=1S/C15H22F2N2/c1-19-8-5-12(6-9-19)4-7-18-11-13-2-3-14(16)15(17)10-13/h2-3,10,12,18H,4-9,11H2,1H3. The smallest absolute Gasteiger partial charge is 0.159 e. The highest BCUT2D eigenvalue weighted by atomic mass is 19.2. The Hall–Kier alpha value is -1.00. The molecule has 0 bridgehead atoms. The van der Waals surface area contributed by atoms with Crippen molar-refractivity contribution < 1.29 is 8.78 Å². The van der Waals surface area contributed by atoms with E-state index in [1.54, 1.807) is 6.07 Å². The second-order valence-corrected chi connectivity index (χ2v) is 5.46. The lowest BCUT2D eigenvalue weighted by molar-refractivity contribution is 0.211. The van der Waals surface area contributed by atoms with E-state index in [1.807, 2.05) is 0 Å². The Bertz CT molecular complexity index is 401. The number of hydrogen-bond acceptors (Lipinski definition) is 2. The van der Waals surface area contributed by atoms with Gasteiger partial charge < -0.3 is 10.2 Å². The molecule has 0 spiro atoms. The zero-order chi connectivity index (χ0) is 13.7. The van der Waals surface area contributed by atoms with Crippen molar-refractivity contribution in [2.45, 2.75) is 25.8 Å². The van der Waals surface area contributed by atoms with Crippen LogP contribution in [0.5, 0.6) is 0 Å². The predicted molar refractivity (Wildman–Crippen MR) is 72.9 cm³/mol. The minimum atomic E-state index is -0.782. The topological polar surface area (TPSA) is 15.3 Å². The van der Waals surface area contributed by atoms with E-state index in [-0.39, 0.29) is 0 Å². The van der Waals surface area contributed by atoms with Crippen LogP contribution in [-0.4, -0.2) is 31.6 Å². The minimum absolute atomic E-state index is 0.601. The van der Waals surface area contributed by atoms with Gasteiger partial charge in [0.1, 0.15) is 0 Å². The molecule has 0 aliphatic carbocycles. The number of likely N-dealkylation sites (tertiary alicyclic amines) is 1. The van der Waals surface area contributed by atoms with Crippen LogP contribution in [0.2, 0.25) is 0 Å². The normalized spacial score (nSPS) is 17.8. The van der Waals surface area contributed by atoms with Gasteiger partial charge in [-0.15, -0.1) is 0 Å². The fourth-order valence-corrected chi connectivity index (χ4v) is 2.54. The number of nitrogens with one attached hydrogen (secondary N) is 1. The maximum Gasteiger partial charge on any atom is 0.159 e. The van der Waals surface area contributed by atoms with Crippen molar-refractivity contribution >= 4 is 0 Å². The largest absolute Gasteiger partial charge is 0.313 e. The van der Waals surface area contributed by atoms with Crippen molar-refractivity contribution in [3.05, 3.63) is 35.4 Å². The predicted octanol–water partition coefficient (Wildman–Crippen LogP) is 2.79. The van der Waals surface area contributed by atoms with Gasteiger partial charge in [0.15, 0.2) is 11.6 Å².